The van der Waals surface area contributed by atoms with Gasteiger partial charge in [0.15, 0.2) is 12.2 Å². The molecule has 2 unspecified atom stereocenters. The molecule has 0 fully saturated rings. The van der Waals surface area contributed by atoms with Crippen LogP contribution in [0.4, 0.5) is 0 Å². The smallest absolute Gasteiger partial charge is 0.462 e. The van der Waals surface area contributed by atoms with Crippen molar-refractivity contribution >= 4 is 39.5 Å². The molecule has 0 aliphatic heterocycles. The Morgan fingerprint density at radius 2 is 0.554 bits per heavy atom. The van der Waals surface area contributed by atoms with Crippen LogP contribution in [-0.4, -0.2) is 96.7 Å². The van der Waals surface area contributed by atoms with Gasteiger partial charge in [0.05, 0.1) is 26.4 Å². The highest BCUT2D eigenvalue weighted by molar-refractivity contribution is 7.47. The number of carbonyl (C=O) groups excluding carboxylic acids is 4. The Morgan fingerprint density at radius 3 is 0.819 bits per heavy atom. The van der Waals surface area contributed by atoms with Gasteiger partial charge in [0, 0.05) is 25.7 Å². The second kappa shape index (κ2) is 56.6. The second-order valence-electron chi connectivity index (χ2n) is 24.1. The lowest BCUT2D eigenvalue weighted by Crippen LogP contribution is -2.30. The molecule has 0 rings (SSSR count). The number of hydrogen-bond acceptors (Lipinski definition) is 15. The maximum absolute atomic E-state index is 13.0. The van der Waals surface area contributed by atoms with Crippen molar-refractivity contribution < 1.29 is 80.2 Å². The lowest BCUT2D eigenvalue weighted by molar-refractivity contribution is -0.161. The highest BCUT2D eigenvalue weighted by atomic mass is 31.2. The maximum Gasteiger partial charge on any atom is 0.472 e. The van der Waals surface area contributed by atoms with E-state index in [0.29, 0.717) is 31.6 Å². The van der Waals surface area contributed by atoms with Crippen molar-refractivity contribution in [1.29, 1.82) is 0 Å². The zero-order valence-electron chi connectivity index (χ0n) is 53.5. The van der Waals surface area contributed by atoms with E-state index in [0.717, 1.165) is 102 Å². The number of esters is 4. The number of unbranched alkanes of at least 4 members (excludes halogenated alkanes) is 33. The van der Waals surface area contributed by atoms with E-state index in [2.05, 4.69) is 41.5 Å². The van der Waals surface area contributed by atoms with Crippen LogP contribution < -0.4 is 0 Å². The highest BCUT2D eigenvalue weighted by Gasteiger charge is 2.30. The second-order valence-corrected chi connectivity index (χ2v) is 27.0. The van der Waals surface area contributed by atoms with Crippen molar-refractivity contribution in [2.24, 2.45) is 11.8 Å². The first-order chi connectivity index (χ1) is 39.9. The van der Waals surface area contributed by atoms with Crippen molar-refractivity contribution in [2.75, 3.05) is 39.6 Å². The zero-order valence-corrected chi connectivity index (χ0v) is 55.3. The van der Waals surface area contributed by atoms with Crippen molar-refractivity contribution in [1.82, 2.24) is 0 Å². The van der Waals surface area contributed by atoms with Gasteiger partial charge in [0.1, 0.15) is 19.3 Å². The molecule has 0 heterocycles. The van der Waals surface area contributed by atoms with Crippen LogP contribution >= 0.6 is 15.6 Å². The first-order valence-corrected chi connectivity index (χ1v) is 36.5. The van der Waals surface area contributed by atoms with E-state index in [1.54, 1.807) is 0 Å². The zero-order chi connectivity index (χ0) is 61.5. The number of rotatable bonds is 63. The molecular formula is C64H124O17P2. The lowest BCUT2D eigenvalue weighted by atomic mass is 10.0. The molecule has 83 heavy (non-hydrogen) atoms. The van der Waals surface area contributed by atoms with Gasteiger partial charge in [-0.3, -0.25) is 37.3 Å². The normalized spacial score (nSPS) is 14.3. The molecule has 492 valence electrons. The summed E-state index contributed by atoms with van der Waals surface area (Å²) in [5, 5.41) is 10.5. The summed E-state index contributed by atoms with van der Waals surface area (Å²) < 4.78 is 67.8. The van der Waals surface area contributed by atoms with Gasteiger partial charge in [0.2, 0.25) is 0 Å². The molecule has 5 atom stereocenters. The molecule has 0 radical (unpaired) electrons. The van der Waals surface area contributed by atoms with E-state index >= 15 is 0 Å². The number of phosphoric acid groups is 2. The van der Waals surface area contributed by atoms with Gasteiger partial charge >= 0.3 is 39.5 Å². The van der Waals surface area contributed by atoms with Crippen LogP contribution in [0.1, 0.15) is 318 Å². The average molecular weight is 1230 g/mol. The van der Waals surface area contributed by atoms with Crippen molar-refractivity contribution in [3.63, 3.8) is 0 Å². The van der Waals surface area contributed by atoms with Gasteiger partial charge in [-0.25, -0.2) is 9.13 Å². The average Bonchev–Trinajstić information content (AvgIpc) is 3.46. The van der Waals surface area contributed by atoms with Crippen molar-refractivity contribution in [3.05, 3.63) is 0 Å². The van der Waals surface area contributed by atoms with Crippen LogP contribution in [-0.2, 0) is 65.4 Å². The van der Waals surface area contributed by atoms with Crippen LogP contribution in [0.5, 0.6) is 0 Å². The summed E-state index contributed by atoms with van der Waals surface area (Å²) in [5.41, 5.74) is 0. The molecule has 0 aliphatic carbocycles. The number of carbonyl (C=O) groups is 4. The monoisotopic (exact) mass is 1230 g/mol. The first-order valence-electron chi connectivity index (χ1n) is 33.5. The number of phosphoric ester groups is 2. The molecule has 0 aromatic rings. The Morgan fingerprint density at radius 1 is 0.325 bits per heavy atom. The van der Waals surface area contributed by atoms with Gasteiger partial charge < -0.3 is 33.8 Å². The quantitative estimate of drug-likeness (QED) is 0.0222. The van der Waals surface area contributed by atoms with Crippen molar-refractivity contribution in [3.8, 4) is 0 Å². The molecule has 0 aromatic carbocycles. The summed E-state index contributed by atoms with van der Waals surface area (Å²) in [7, 11) is -9.88. The molecule has 0 amide bonds. The van der Waals surface area contributed by atoms with Crippen LogP contribution in [0.3, 0.4) is 0 Å². The summed E-state index contributed by atoms with van der Waals surface area (Å²) in [6.45, 7) is 9.31. The molecule has 0 aromatic heterocycles. The summed E-state index contributed by atoms with van der Waals surface area (Å²) in [6, 6.07) is 0. The fraction of sp³-hybridized carbons (Fsp3) is 0.938. The Bertz CT molecular complexity index is 1630. The van der Waals surface area contributed by atoms with Crippen molar-refractivity contribution in [2.45, 2.75) is 336 Å². The minimum absolute atomic E-state index is 0.102. The number of aliphatic hydroxyl groups is 1. The molecular weight excluding hydrogens is 1100 g/mol. The van der Waals surface area contributed by atoms with Gasteiger partial charge in [-0.05, 0) is 37.5 Å². The Hall–Kier alpha value is -1.94. The molecule has 0 saturated carbocycles. The fourth-order valence-corrected chi connectivity index (χ4v) is 11.1. The third-order valence-corrected chi connectivity index (χ3v) is 16.6. The fourth-order valence-electron chi connectivity index (χ4n) is 9.53. The molecule has 3 N–H and O–H groups in total. The predicted octanol–water partition coefficient (Wildman–Crippen LogP) is 17.7. The van der Waals surface area contributed by atoms with Crippen LogP contribution in [0.25, 0.3) is 0 Å². The third-order valence-electron chi connectivity index (χ3n) is 14.7. The molecule has 0 spiro atoms. The highest BCUT2D eigenvalue weighted by Crippen LogP contribution is 2.45. The molecule has 17 nitrogen and oxygen atoms in total. The number of hydrogen-bond donors (Lipinski definition) is 3. The van der Waals surface area contributed by atoms with Gasteiger partial charge in [-0.1, -0.05) is 266 Å². The van der Waals surface area contributed by atoms with Gasteiger partial charge in [0.25, 0.3) is 0 Å². The topological polar surface area (TPSA) is 237 Å². The minimum Gasteiger partial charge on any atom is -0.462 e. The Labute approximate surface area is 505 Å². The third kappa shape index (κ3) is 58.8. The van der Waals surface area contributed by atoms with Crippen LogP contribution in [0, 0.1) is 11.8 Å². The van der Waals surface area contributed by atoms with E-state index in [4.69, 9.17) is 37.0 Å². The molecule has 0 bridgehead atoms. The van der Waals surface area contributed by atoms with E-state index in [1.165, 1.54) is 128 Å². The summed E-state index contributed by atoms with van der Waals surface area (Å²) in [6.07, 6.45) is 39.5. The van der Waals surface area contributed by atoms with Crippen LogP contribution in [0.2, 0.25) is 0 Å². The van der Waals surface area contributed by atoms with E-state index in [9.17, 15) is 43.2 Å². The SMILES string of the molecule is CCCCCCCCCCCCCCCCCCCC(=O)O[C@H](COC(=O)CCCCCCCCCCC(C)C)COP(=O)(O)OC[C@@H](O)COP(=O)(O)OC[C@@H](COC(=O)CCCCCCC)OC(=O)CCCCCCCCCC(C)C. The van der Waals surface area contributed by atoms with Gasteiger partial charge in [-0.2, -0.15) is 0 Å². The maximum atomic E-state index is 13.0. The summed E-state index contributed by atoms with van der Waals surface area (Å²) >= 11 is 0. The predicted molar refractivity (Wildman–Crippen MR) is 331 cm³/mol. The van der Waals surface area contributed by atoms with Gasteiger partial charge in [-0.15, -0.1) is 0 Å². The number of aliphatic hydroxyl groups excluding tert-OH is 1. The largest absolute Gasteiger partial charge is 0.472 e. The summed E-state index contributed by atoms with van der Waals surface area (Å²) in [4.78, 5) is 71.9. The summed E-state index contributed by atoms with van der Waals surface area (Å²) in [5.74, 6) is -0.724. The molecule has 19 heteroatoms. The Balaban J connectivity index is 5.15. The van der Waals surface area contributed by atoms with E-state index < -0.39 is 97.5 Å². The molecule has 0 aliphatic rings. The van der Waals surface area contributed by atoms with Crippen LogP contribution in [0.15, 0.2) is 0 Å². The standard InChI is InChI=1S/C64H124O17P2/c1-7-9-11-13-14-15-16-17-18-19-20-21-22-23-30-36-42-48-63(68)81-60(53-75-62(67)47-41-35-29-25-24-27-33-38-44-56(3)4)55-79-83(72,73)77-51-58(65)50-76-82(70,71)78-54-59(52-74-61(66)46-40-32-12-10-8-2)80-64(69)49-43-37-31-26-28-34-39-45-57(5)6/h56-60,65H,7-55H2,1-6H3,(H,70,71)(H,72,73)/t58-,59+,60+/m0/s1. The Kier molecular flexibility index (Phi) is 55.2. The van der Waals surface area contributed by atoms with E-state index in [-0.39, 0.29) is 25.7 Å². The van der Waals surface area contributed by atoms with E-state index in [1.807, 2.05) is 0 Å². The number of ether oxygens (including phenoxy) is 4. The molecule has 0 saturated heterocycles. The lowest BCUT2D eigenvalue weighted by Gasteiger charge is -2.21. The first kappa shape index (κ1) is 81.1. The minimum atomic E-state index is -4.94.